The molecule has 140 valence electrons. The van der Waals surface area contributed by atoms with Crippen molar-refractivity contribution in [2.75, 3.05) is 7.11 Å². The predicted octanol–water partition coefficient (Wildman–Crippen LogP) is 5.08. The average Bonchev–Trinajstić information content (AvgIpc) is 3.19. The molecule has 2 aliphatic heterocycles. The molecule has 0 amide bonds. The number of ether oxygens (including phenoxy) is 2. The highest BCUT2D eigenvalue weighted by molar-refractivity contribution is 6.02. The zero-order valence-electron chi connectivity index (χ0n) is 15.4. The van der Waals surface area contributed by atoms with Crippen molar-refractivity contribution in [2.45, 2.75) is 18.7 Å². The summed E-state index contributed by atoms with van der Waals surface area (Å²) >= 11 is 0. The number of nitrogens with zero attached hydrogens (tertiary/aromatic N) is 2. The average molecular weight is 374 g/mol. The summed E-state index contributed by atoms with van der Waals surface area (Å²) in [5.41, 5.74) is 3.82. The number of halogens is 1. The second-order valence-electron chi connectivity index (χ2n) is 6.94. The van der Waals surface area contributed by atoms with E-state index in [1.165, 1.54) is 12.1 Å². The van der Waals surface area contributed by atoms with Crippen LogP contribution < -0.4 is 9.47 Å². The third-order valence-electron chi connectivity index (χ3n) is 5.24. The van der Waals surface area contributed by atoms with Gasteiger partial charge in [-0.05, 0) is 30.3 Å². The van der Waals surface area contributed by atoms with Crippen molar-refractivity contribution in [1.29, 1.82) is 0 Å². The molecule has 0 unspecified atom stereocenters. The Morgan fingerprint density at radius 3 is 2.75 bits per heavy atom. The second kappa shape index (κ2) is 6.68. The Balaban J connectivity index is 1.59. The zero-order valence-corrected chi connectivity index (χ0v) is 15.4. The van der Waals surface area contributed by atoms with Gasteiger partial charge in [-0.1, -0.05) is 42.5 Å². The largest absolute Gasteiger partial charge is 0.497 e. The van der Waals surface area contributed by atoms with Crippen LogP contribution in [0.4, 0.5) is 4.39 Å². The number of para-hydroxylation sites is 1. The highest BCUT2D eigenvalue weighted by Crippen LogP contribution is 2.47. The first-order valence-corrected chi connectivity index (χ1v) is 9.24. The Morgan fingerprint density at radius 1 is 1.04 bits per heavy atom. The normalized spacial score (nSPS) is 20.1. The van der Waals surface area contributed by atoms with Gasteiger partial charge >= 0.3 is 0 Å². The molecule has 0 radical (unpaired) electrons. The molecular weight excluding hydrogens is 355 g/mol. The first-order valence-electron chi connectivity index (χ1n) is 9.24. The van der Waals surface area contributed by atoms with Gasteiger partial charge in [-0.2, -0.15) is 5.10 Å². The van der Waals surface area contributed by atoms with Crippen LogP contribution in [0.3, 0.4) is 0 Å². The van der Waals surface area contributed by atoms with Crippen molar-refractivity contribution < 1.29 is 13.9 Å². The van der Waals surface area contributed by atoms with E-state index in [1.807, 2.05) is 53.5 Å². The van der Waals surface area contributed by atoms with E-state index in [0.717, 1.165) is 40.3 Å². The first-order chi connectivity index (χ1) is 13.7. The molecule has 0 N–H and O–H groups in total. The van der Waals surface area contributed by atoms with E-state index in [9.17, 15) is 4.39 Å². The van der Waals surface area contributed by atoms with Crippen molar-refractivity contribution in [1.82, 2.24) is 5.01 Å². The van der Waals surface area contributed by atoms with Gasteiger partial charge in [0.1, 0.15) is 17.3 Å². The molecule has 0 spiro atoms. The van der Waals surface area contributed by atoms with Crippen LogP contribution in [-0.2, 0) is 0 Å². The minimum absolute atomic E-state index is 0.0411. The summed E-state index contributed by atoms with van der Waals surface area (Å²) in [6, 6.07) is 22.4. The fourth-order valence-electron chi connectivity index (χ4n) is 3.89. The quantitative estimate of drug-likeness (QED) is 0.641. The molecule has 3 aromatic carbocycles. The molecule has 2 heterocycles. The summed E-state index contributed by atoms with van der Waals surface area (Å²) in [5.74, 6) is 1.33. The Bertz CT molecular complexity index is 1070. The molecule has 0 saturated carbocycles. The van der Waals surface area contributed by atoms with Crippen LogP contribution in [0.25, 0.3) is 0 Å². The van der Waals surface area contributed by atoms with Crippen LogP contribution in [0.2, 0.25) is 0 Å². The number of methoxy groups -OCH3 is 1. The Morgan fingerprint density at radius 2 is 1.89 bits per heavy atom. The maximum Gasteiger partial charge on any atom is 0.213 e. The van der Waals surface area contributed by atoms with E-state index in [0.29, 0.717) is 0 Å². The van der Waals surface area contributed by atoms with Crippen LogP contribution in [-0.4, -0.2) is 17.8 Å². The number of benzene rings is 3. The molecule has 0 aliphatic carbocycles. The minimum atomic E-state index is -0.473. The van der Waals surface area contributed by atoms with Crippen LogP contribution in [0, 0.1) is 5.82 Å². The summed E-state index contributed by atoms with van der Waals surface area (Å²) in [5, 5.41) is 6.84. The maximum absolute atomic E-state index is 13.9. The number of hydrazone groups is 1. The van der Waals surface area contributed by atoms with Crippen molar-refractivity contribution in [2.24, 2.45) is 5.10 Å². The molecule has 28 heavy (non-hydrogen) atoms. The summed E-state index contributed by atoms with van der Waals surface area (Å²) in [6.07, 6.45) is 0.276. The van der Waals surface area contributed by atoms with Gasteiger partial charge in [0.2, 0.25) is 6.23 Å². The molecule has 2 aliphatic rings. The van der Waals surface area contributed by atoms with E-state index < -0.39 is 6.23 Å². The number of fused-ring (bicyclic) bond motifs is 3. The molecule has 5 heteroatoms. The van der Waals surface area contributed by atoms with E-state index in [1.54, 1.807) is 13.2 Å². The number of hydrogen-bond acceptors (Lipinski definition) is 4. The Labute approximate surface area is 162 Å². The second-order valence-corrected chi connectivity index (χ2v) is 6.94. The van der Waals surface area contributed by atoms with E-state index in [-0.39, 0.29) is 11.9 Å². The molecule has 2 atom stereocenters. The van der Waals surface area contributed by atoms with Gasteiger partial charge in [-0.15, -0.1) is 0 Å². The SMILES string of the molecule is COc1cccc(C2=NN3[C@H](C2)c2ccccc2O[C@H]3c2cccc(F)c2)c1. The van der Waals surface area contributed by atoms with Crippen molar-refractivity contribution >= 4 is 5.71 Å². The van der Waals surface area contributed by atoms with Gasteiger partial charge < -0.3 is 9.47 Å². The summed E-state index contributed by atoms with van der Waals surface area (Å²) in [4.78, 5) is 0. The highest BCUT2D eigenvalue weighted by Gasteiger charge is 2.40. The van der Waals surface area contributed by atoms with Crippen LogP contribution in [0.1, 0.15) is 35.4 Å². The molecule has 4 nitrogen and oxygen atoms in total. The van der Waals surface area contributed by atoms with Gasteiger partial charge in [-0.25, -0.2) is 9.40 Å². The van der Waals surface area contributed by atoms with E-state index in [4.69, 9.17) is 14.6 Å². The lowest BCUT2D eigenvalue weighted by Gasteiger charge is -2.38. The van der Waals surface area contributed by atoms with Crippen molar-refractivity contribution in [3.05, 3.63) is 95.3 Å². The van der Waals surface area contributed by atoms with Gasteiger partial charge in [0.25, 0.3) is 0 Å². The standard InChI is InChI=1S/C23H19FN2O2/c1-27-18-9-5-6-15(13-18)20-14-21-19-10-2-3-11-22(19)28-23(26(21)25-20)16-7-4-8-17(24)12-16/h2-13,21,23H,14H2,1H3/t21-,23+/m1/s1. The Kier molecular flexibility index (Phi) is 4.01. The molecule has 3 aromatic rings. The monoisotopic (exact) mass is 374 g/mol. The molecule has 0 saturated heterocycles. The first kappa shape index (κ1) is 16.8. The predicted molar refractivity (Wildman–Crippen MR) is 105 cm³/mol. The fraction of sp³-hybridized carbons (Fsp3) is 0.174. The van der Waals surface area contributed by atoms with E-state index in [2.05, 4.69) is 6.07 Å². The summed E-state index contributed by atoms with van der Waals surface area (Å²) < 4.78 is 25.5. The molecule has 0 aromatic heterocycles. The van der Waals surface area contributed by atoms with Gasteiger partial charge in [-0.3, -0.25) is 0 Å². The van der Waals surface area contributed by atoms with E-state index >= 15 is 0 Å². The Hall–Kier alpha value is -3.34. The topological polar surface area (TPSA) is 34.1 Å². The fourth-order valence-corrected chi connectivity index (χ4v) is 3.89. The lowest BCUT2D eigenvalue weighted by molar-refractivity contribution is -0.0192. The van der Waals surface area contributed by atoms with Crippen molar-refractivity contribution in [3.8, 4) is 11.5 Å². The zero-order chi connectivity index (χ0) is 19.1. The summed E-state index contributed by atoms with van der Waals surface area (Å²) in [6.45, 7) is 0. The van der Waals surface area contributed by atoms with Gasteiger partial charge in [0, 0.05) is 23.1 Å². The smallest absolute Gasteiger partial charge is 0.213 e. The highest BCUT2D eigenvalue weighted by atomic mass is 19.1. The van der Waals surface area contributed by atoms with Crippen LogP contribution in [0.15, 0.2) is 77.9 Å². The lowest BCUT2D eigenvalue weighted by Crippen LogP contribution is -2.33. The van der Waals surface area contributed by atoms with Crippen LogP contribution in [0.5, 0.6) is 11.5 Å². The van der Waals surface area contributed by atoms with Crippen molar-refractivity contribution in [3.63, 3.8) is 0 Å². The number of hydrogen-bond donors (Lipinski definition) is 0. The summed E-state index contributed by atoms with van der Waals surface area (Å²) in [7, 11) is 1.66. The maximum atomic E-state index is 13.9. The molecular formula is C23H19FN2O2. The molecule has 0 fully saturated rings. The molecule has 5 rings (SSSR count). The minimum Gasteiger partial charge on any atom is -0.497 e. The third-order valence-corrected chi connectivity index (χ3v) is 5.24. The lowest BCUT2D eigenvalue weighted by atomic mass is 9.96. The van der Waals surface area contributed by atoms with Gasteiger partial charge in [0.05, 0.1) is 18.9 Å². The molecule has 0 bridgehead atoms. The van der Waals surface area contributed by atoms with Gasteiger partial charge in [0.15, 0.2) is 0 Å². The third kappa shape index (κ3) is 2.80. The number of rotatable bonds is 3. The van der Waals surface area contributed by atoms with Crippen LogP contribution >= 0.6 is 0 Å².